The number of hydrogen-bond acceptors (Lipinski definition) is 4. The van der Waals surface area contributed by atoms with E-state index in [9.17, 15) is 9.90 Å². The van der Waals surface area contributed by atoms with Gasteiger partial charge in [0.1, 0.15) is 5.75 Å². The van der Waals surface area contributed by atoms with E-state index in [1.165, 1.54) is 6.21 Å². The second-order valence-corrected chi connectivity index (χ2v) is 8.08. The number of aromatic nitrogens is 2. The van der Waals surface area contributed by atoms with Crippen LogP contribution in [0, 0.1) is 13.8 Å². The van der Waals surface area contributed by atoms with Gasteiger partial charge in [0, 0.05) is 21.3 Å². The lowest BCUT2D eigenvalue weighted by atomic mass is 10.1. The lowest BCUT2D eigenvalue weighted by molar-refractivity contribution is 0.0955. The highest BCUT2D eigenvalue weighted by Crippen LogP contribution is 2.30. The zero-order chi connectivity index (χ0) is 20.3. The van der Waals surface area contributed by atoms with Gasteiger partial charge in [-0.25, -0.2) is 5.43 Å². The standard InChI is InChI=1S/C20H18Br2N4O2/c1-12-7-13(2)26(25-12)11-14-3-5-15(6-4-14)20(28)24-23-10-16-8-17(21)9-18(22)19(16)27/h3-10,27H,11H2,1-2H3,(H,24,28)/b23-10+. The summed E-state index contributed by atoms with van der Waals surface area (Å²) in [6, 6.07) is 12.7. The van der Waals surface area contributed by atoms with Crippen molar-refractivity contribution in [1.82, 2.24) is 15.2 Å². The number of hydrogen-bond donors (Lipinski definition) is 2. The Kier molecular flexibility index (Phi) is 6.31. The zero-order valence-electron chi connectivity index (χ0n) is 15.3. The fourth-order valence-corrected chi connectivity index (χ4v) is 3.94. The molecule has 0 aliphatic rings. The summed E-state index contributed by atoms with van der Waals surface area (Å²) in [4.78, 5) is 12.3. The van der Waals surface area contributed by atoms with Crippen molar-refractivity contribution in [3.05, 3.63) is 79.5 Å². The summed E-state index contributed by atoms with van der Waals surface area (Å²) in [6.07, 6.45) is 1.39. The highest BCUT2D eigenvalue weighted by molar-refractivity contribution is 9.11. The van der Waals surface area contributed by atoms with Crippen molar-refractivity contribution < 1.29 is 9.90 Å². The minimum absolute atomic E-state index is 0.0507. The van der Waals surface area contributed by atoms with Crippen molar-refractivity contribution in [2.24, 2.45) is 5.10 Å². The van der Waals surface area contributed by atoms with Crippen LogP contribution in [-0.2, 0) is 6.54 Å². The van der Waals surface area contributed by atoms with Crippen molar-refractivity contribution in [3.8, 4) is 5.75 Å². The van der Waals surface area contributed by atoms with Crippen LogP contribution in [0.1, 0.15) is 32.9 Å². The summed E-state index contributed by atoms with van der Waals surface area (Å²) in [5.41, 5.74) is 6.56. The molecule has 6 nitrogen and oxygen atoms in total. The number of aryl methyl sites for hydroxylation is 2. The first-order valence-electron chi connectivity index (χ1n) is 8.45. The SMILES string of the molecule is Cc1cc(C)n(Cc2ccc(C(=O)N/N=C/c3cc(Br)cc(Br)c3O)cc2)n1. The molecule has 0 bridgehead atoms. The van der Waals surface area contributed by atoms with Gasteiger partial charge < -0.3 is 5.11 Å². The summed E-state index contributed by atoms with van der Waals surface area (Å²) in [5, 5.41) is 18.4. The molecule has 0 saturated heterocycles. The third kappa shape index (κ3) is 4.88. The first-order valence-corrected chi connectivity index (χ1v) is 10.0. The molecule has 3 rings (SSSR count). The maximum atomic E-state index is 12.3. The van der Waals surface area contributed by atoms with Crippen LogP contribution in [0.3, 0.4) is 0 Å². The molecule has 8 heteroatoms. The van der Waals surface area contributed by atoms with E-state index < -0.39 is 0 Å². The smallest absolute Gasteiger partial charge is 0.271 e. The summed E-state index contributed by atoms with van der Waals surface area (Å²) in [7, 11) is 0. The monoisotopic (exact) mass is 504 g/mol. The number of phenols is 1. The third-order valence-electron chi connectivity index (χ3n) is 4.08. The number of halogens is 2. The maximum absolute atomic E-state index is 12.3. The second-order valence-electron chi connectivity index (χ2n) is 6.31. The molecule has 0 atom stereocenters. The number of rotatable bonds is 5. The molecule has 0 aliphatic heterocycles. The number of carbonyl (C=O) groups is 1. The van der Waals surface area contributed by atoms with E-state index >= 15 is 0 Å². The van der Waals surface area contributed by atoms with Crippen molar-refractivity contribution in [3.63, 3.8) is 0 Å². The lowest BCUT2D eigenvalue weighted by Crippen LogP contribution is -2.17. The molecule has 0 radical (unpaired) electrons. The van der Waals surface area contributed by atoms with E-state index in [1.807, 2.05) is 36.7 Å². The van der Waals surface area contributed by atoms with Gasteiger partial charge >= 0.3 is 0 Å². The molecule has 144 valence electrons. The molecular formula is C20H18Br2N4O2. The third-order valence-corrected chi connectivity index (χ3v) is 5.14. The van der Waals surface area contributed by atoms with E-state index in [2.05, 4.69) is 47.5 Å². The van der Waals surface area contributed by atoms with Gasteiger partial charge in [-0.2, -0.15) is 10.2 Å². The molecule has 0 unspecified atom stereocenters. The molecule has 1 heterocycles. The number of nitrogens with one attached hydrogen (secondary N) is 1. The molecule has 2 aromatic carbocycles. The minimum atomic E-state index is -0.331. The second kappa shape index (κ2) is 8.70. The summed E-state index contributed by atoms with van der Waals surface area (Å²) in [6.45, 7) is 4.63. The first-order chi connectivity index (χ1) is 13.3. The van der Waals surface area contributed by atoms with Crippen molar-refractivity contribution in [2.45, 2.75) is 20.4 Å². The van der Waals surface area contributed by atoms with Gasteiger partial charge in [0.2, 0.25) is 0 Å². The molecule has 3 aromatic rings. The highest BCUT2D eigenvalue weighted by atomic mass is 79.9. The van der Waals surface area contributed by atoms with Gasteiger partial charge in [-0.15, -0.1) is 0 Å². The average Bonchev–Trinajstić information content (AvgIpc) is 2.96. The van der Waals surface area contributed by atoms with Gasteiger partial charge in [0.15, 0.2) is 0 Å². The molecule has 0 fully saturated rings. The molecule has 2 N–H and O–H groups in total. The van der Waals surface area contributed by atoms with E-state index in [0.717, 1.165) is 21.4 Å². The van der Waals surface area contributed by atoms with Crippen LogP contribution in [0.25, 0.3) is 0 Å². The molecular weight excluding hydrogens is 488 g/mol. The molecule has 0 aliphatic carbocycles. The Balaban J connectivity index is 1.64. The van der Waals surface area contributed by atoms with Crippen LogP contribution in [0.2, 0.25) is 0 Å². The predicted octanol–water partition coefficient (Wildman–Crippen LogP) is 4.54. The Bertz CT molecular complexity index is 1040. The van der Waals surface area contributed by atoms with E-state index in [1.54, 1.807) is 24.3 Å². The first kappa shape index (κ1) is 20.3. The number of amides is 1. The van der Waals surface area contributed by atoms with Gasteiger partial charge in [0.25, 0.3) is 5.91 Å². The number of hydrazone groups is 1. The average molecular weight is 506 g/mol. The van der Waals surface area contributed by atoms with Crippen LogP contribution in [0.4, 0.5) is 0 Å². The summed E-state index contributed by atoms with van der Waals surface area (Å²) < 4.78 is 3.24. The number of phenolic OH excluding ortho intramolecular Hbond substituents is 1. The Morgan fingerprint density at radius 2 is 1.93 bits per heavy atom. The Hall–Kier alpha value is -2.45. The van der Waals surface area contributed by atoms with Gasteiger partial charge in [-0.3, -0.25) is 9.48 Å². The fraction of sp³-hybridized carbons (Fsp3) is 0.150. The normalized spacial score (nSPS) is 11.1. The van der Waals surface area contributed by atoms with Crippen molar-refractivity contribution in [2.75, 3.05) is 0 Å². The molecule has 0 saturated carbocycles. The van der Waals surface area contributed by atoms with Crippen LogP contribution < -0.4 is 5.43 Å². The number of carbonyl (C=O) groups excluding carboxylic acids is 1. The topological polar surface area (TPSA) is 79.5 Å². The molecule has 28 heavy (non-hydrogen) atoms. The van der Waals surface area contributed by atoms with E-state index in [0.29, 0.717) is 22.1 Å². The largest absolute Gasteiger partial charge is 0.506 e. The van der Waals surface area contributed by atoms with Crippen LogP contribution in [-0.4, -0.2) is 27.0 Å². The lowest BCUT2D eigenvalue weighted by Gasteiger charge is -2.06. The Labute approximate surface area is 179 Å². The maximum Gasteiger partial charge on any atom is 0.271 e. The summed E-state index contributed by atoms with van der Waals surface area (Å²) in [5.74, 6) is -0.280. The number of aromatic hydroxyl groups is 1. The predicted molar refractivity (Wildman–Crippen MR) is 116 cm³/mol. The van der Waals surface area contributed by atoms with Crippen LogP contribution >= 0.6 is 31.9 Å². The zero-order valence-corrected chi connectivity index (χ0v) is 18.5. The number of nitrogens with zero attached hydrogens (tertiary/aromatic N) is 3. The van der Waals surface area contributed by atoms with Crippen molar-refractivity contribution >= 4 is 44.0 Å². The molecule has 1 amide bonds. The Morgan fingerprint density at radius 1 is 1.21 bits per heavy atom. The minimum Gasteiger partial charge on any atom is -0.506 e. The van der Waals surface area contributed by atoms with Gasteiger partial charge in [0.05, 0.1) is 22.9 Å². The summed E-state index contributed by atoms with van der Waals surface area (Å²) >= 11 is 6.60. The highest BCUT2D eigenvalue weighted by Gasteiger charge is 2.08. The fourth-order valence-electron chi connectivity index (χ4n) is 2.68. The van der Waals surface area contributed by atoms with E-state index in [4.69, 9.17) is 0 Å². The van der Waals surface area contributed by atoms with Crippen molar-refractivity contribution in [1.29, 1.82) is 0 Å². The number of benzene rings is 2. The molecule has 1 aromatic heterocycles. The van der Waals surface area contributed by atoms with Gasteiger partial charge in [-0.05, 0) is 65.7 Å². The van der Waals surface area contributed by atoms with Crippen LogP contribution in [0.5, 0.6) is 5.75 Å². The van der Waals surface area contributed by atoms with E-state index in [-0.39, 0.29) is 11.7 Å². The molecule has 0 spiro atoms. The van der Waals surface area contributed by atoms with Crippen LogP contribution in [0.15, 0.2) is 56.5 Å². The Morgan fingerprint density at radius 3 is 2.57 bits per heavy atom. The van der Waals surface area contributed by atoms with Gasteiger partial charge in [-0.1, -0.05) is 28.1 Å². The quantitative estimate of drug-likeness (QED) is 0.394.